The third-order valence-electron chi connectivity index (χ3n) is 2.81. The van der Waals surface area contributed by atoms with E-state index in [1.54, 1.807) is 6.92 Å². The van der Waals surface area contributed by atoms with Crippen LogP contribution < -0.4 is 0 Å². The Bertz CT molecular complexity index is 423. The van der Waals surface area contributed by atoms with Crippen molar-refractivity contribution in [2.24, 2.45) is 0 Å². The molecule has 0 amide bonds. The summed E-state index contributed by atoms with van der Waals surface area (Å²) in [5.41, 5.74) is 0.573. The average molecular weight is 284 g/mol. The number of hydrogen-bond donors (Lipinski definition) is 5. The van der Waals surface area contributed by atoms with E-state index in [1.165, 1.54) is 24.5 Å². The molecule has 0 aliphatic rings. The summed E-state index contributed by atoms with van der Waals surface area (Å²) in [6.45, 7) is 1.30. The van der Waals surface area contributed by atoms with Crippen molar-refractivity contribution < 1.29 is 25.5 Å². The van der Waals surface area contributed by atoms with Crippen LogP contribution in [0.3, 0.4) is 0 Å². The topological polar surface area (TPSA) is 127 Å². The lowest BCUT2D eigenvalue weighted by molar-refractivity contribution is -0.0630. The highest BCUT2D eigenvalue weighted by Gasteiger charge is 2.25. The highest BCUT2D eigenvalue weighted by atomic mass is 16.4. The Kier molecular flexibility index (Phi) is 6.69. The molecule has 112 valence electrons. The van der Waals surface area contributed by atoms with E-state index in [2.05, 4.69) is 9.97 Å². The number of hydrogen-bond acceptors (Lipinski definition) is 7. The predicted octanol–water partition coefficient (Wildman–Crippen LogP) is -0.992. The number of nitrogens with zero attached hydrogens (tertiary/aromatic N) is 2. The first-order chi connectivity index (χ1) is 9.49. The minimum atomic E-state index is -1.33. The van der Waals surface area contributed by atoms with Crippen LogP contribution in [0.25, 0.3) is 6.08 Å². The standard InChI is InChI=1S/C13H20N2O5/c1-2-11(18)13(20)12(19)10-6-14-8(5-15-10)3-4-9(17)7-16/h3-6,9,11-13,16-20H,2,7H2,1H3/b4-3+. The maximum atomic E-state index is 9.83. The van der Waals surface area contributed by atoms with Gasteiger partial charge in [0.15, 0.2) is 0 Å². The molecule has 0 radical (unpaired) electrons. The van der Waals surface area contributed by atoms with Gasteiger partial charge in [-0.2, -0.15) is 0 Å². The Morgan fingerprint density at radius 3 is 2.35 bits per heavy atom. The molecule has 0 bridgehead atoms. The summed E-state index contributed by atoms with van der Waals surface area (Å²) in [7, 11) is 0. The average Bonchev–Trinajstić information content (AvgIpc) is 2.50. The predicted molar refractivity (Wildman–Crippen MR) is 71.4 cm³/mol. The molecule has 0 spiro atoms. The number of aliphatic hydroxyl groups is 5. The third-order valence-corrected chi connectivity index (χ3v) is 2.81. The van der Waals surface area contributed by atoms with Gasteiger partial charge in [0.05, 0.1) is 42.6 Å². The quantitative estimate of drug-likeness (QED) is 0.435. The lowest BCUT2D eigenvalue weighted by atomic mass is 10.0. The van der Waals surface area contributed by atoms with Crippen LogP contribution in [-0.4, -0.2) is 60.4 Å². The highest BCUT2D eigenvalue weighted by Crippen LogP contribution is 2.17. The highest BCUT2D eigenvalue weighted by molar-refractivity contribution is 5.43. The molecule has 7 nitrogen and oxygen atoms in total. The second-order valence-corrected chi connectivity index (χ2v) is 4.39. The molecule has 0 aromatic carbocycles. The number of aromatic nitrogens is 2. The monoisotopic (exact) mass is 284 g/mol. The van der Waals surface area contributed by atoms with Crippen LogP contribution in [0.2, 0.25) is 0 Å². The van der Waals surface area contributed by atoms with E-state index in [0.29, 0.717) is 12.1 Å². The summed E-state index contributed by atoms with van der Waals surface area (Å²) < 4.78 is 0. The smallest absolute Gasteiger partial charge is 0.126 e. The lowest BCUT2D eigenvalue weighted by Gasteiger charge is -2.21. The molecule has 4 atom stereocenters. The van der Waals surface area contributed by atoms with Crippen LogP contribution >= 0.6 is 0 Å². The molecule has 0 aliphatic carbocycles. The second-order valence-electron chi connectivity index (χ2n) is 4.39. The first-order valence-electron chi connectivity index (χ1n) is 6.32. The van der Waals surface area contributed by atoms with Gasteiger partial charge in [0.2, 0.25) is 0 Å². The molecule has 20 heavy (non-hydrogen) atoms. The van der Waals surface area contributed by atoms with Gasteiger partial charge in [-0.3, -0.25) is 9.97 Å². The molecule has 1 aromatic rings. The first-order valence-corrected chi connectivity index (χ1v) is 6.32. The molecule has 4 unspecified atom stereocenters. The SMILES string of the molecule is CCC(O)C(O)C(O)c1cnc(/C=C/C(O)CO)cn1. The molecule has 1 heterocycles. The van der Waals surface area contributed by atoms with Crippen molar-refractivity contribution in [2.75, 3.05) is 6.61 Å². The van der Waals surface area contributed by atoms with Gasteiger partial charge in [0.1, 0.15) is 12.2 Å². The molecule has 5 N–H and O–H groups in total. The molecule has 0 saturated heterocycles. The zero-order valence-corrected chi connectivity index (χ0v) is 11.2. The fourth-order valence-corrected chi connectivity index (χ4v) is 1.48. The van der Waals surface area contributed by atoms with Crippen LogP contribution in [0.5, 0.6) is 0 Å². The van der Waals surface area contributed by atoms with Gasteiger partial charge in [0.25, 0.3) is 0 Å². The molecule has 1 aromatic heterocycles. The Labute approximate surface area is 116 Å². The van der Waals surface area contributed by atoms with E-state index >= 15 is 0 Å². The first kappa shape index (κ1) is 16.7. The van der Waals surface area contributed by atoms with Gasteiger partial charge in [0, 0.05) is 0 Å². The molecule has 0 saturated carbocycles. The Morgan fingerprint density at radius 2 is 1.85 bits per heavy atom. The zero-order chi connectivity index (χ0) is 15.1. The Hall–Kier alpha value is -1.38. The summed E-state index contributed by atoms with van der Waals surface area (Å²) in [6.07, 6.45) is 1.12. The van der Waals surface area contributed by atoms with Gasteiger partial charge in [-0.05, 0) is 12.5 Å². The van der Waals surface area contributed by atoms with E-state index in [0.717, 1.165) is 0 Å². The zero-order valence-electron chi connectivity index (χ0n) is 11.2. The van der Waals surface area contributed by atoms with Crippen molar-refractivity contribution in [2.45, 2.75) is 37.8 Å². The second kappa shape index (κ2) is 8.03. The largest absolute Gasteiger partial charge is 0.393 e. The Balaban J connectivity index is 2.73. The molecular formula is C13H20N2O5. The van der Waals surface area contributed by atoms with E-state index in [4.69, 9.17) is 10.2 Å². The van der Waals surface area contributed by atoms with Gasteiger partial charge < -0.3 is 25.5 Å². The van der Waals surface area contributed by atoms with Crippen LogP contribution in [0.15, 0.2) is 18.5 Å². The molecule has 0 aliphatic heterocycles. The lowest BCUT2D eigenvalue weighted by Crippen LogP contribution is -2.32. The Morgan fingerprint density at radius 1 is 1.15 bits per heavy atom. The van der Waals surface area contributed by atoms with Gasteiger partial charge in [-0.25, -0.2) is 0 Å². The van der Waals surface area contributed by atoms with Crippen LogP contribution in [0.1, 0.15) is 30.8 Å². The van der Waals surface area contributed by atoms with Crippen LogP contribution in [0.4, 0.5) is 0 Å². The van der Waals surface area contributed by atoms with E-state index in [1.807, 2.05) is 0 Å². The summed E-state index contributed by atoms with van der Waals surface area (Å²) >= 11 is 0. The molecule has 0 fully saturated rings. The van der Waals surface area contributed by atoms with E-state index in [-0.39, 0.29) is 12.3 Å². The normalized spacial score (nSPS) is 17.9. The maximum Gasteiger partial charge on any atom is 0.126 e. The van der Waals surface area contributed by atoms with Crippen molar-refractivity contribution in [3.63, 3.8) is 0 Å². The van der Waals surface area contributed by atoms with Gasteiger partial charge in [-0.1, -0.05) is 13.0 Å². The van der Waals surface area contributed by atoms with Crippen LogP contribution in [-0.2, 0) is 0 Å². The minimum absolute atomic E-state index is 0.143. The molecular weight excluding hydrogens is 264 g/mol. The minimum Gasteiger partial charge on any atom is -0.393 e. The van der Waals surface area contributed by atoms with Crippen LogP contribution in [0, 0.1) is 0 Å². The summed E-state index contributed by atoms with van der Waals surface area (Å²) in [4.78, 5) is 7.92. The van der Waals surface area contributed by atoms with E-state index < -0.39 is 24.4 Å². The van der Waals surface area contributed by atoms with Gasteiger partial charge >= 0.3 is 0 Å². The van der Waals surface area contributed by atoms with Crippen molar-refractivity contribution >= 4 is 6.08 Å². The van der Waals surface area contributed by atoms with Crippen molar-refractivity contribution in [1.29, 1.82) is 0 Å². The third kappa shape index (κ3) is 4.62. The van der Waals surface area contributed by atoms with E-state index in [9.17, 15) is 15.3 Å². The molecule has 1 rings (SSSR count). The fourth-order valence-electron chi connectivity index (χ4n) is 1.48. The van der Waals surface area contributed by atoms with Crippen molar-refractivity contribution in [1.82, 2.24) is 9.97 Å². The number of rotatable bonds is 7. The van der Waals surface area contributed by atoms with Crippen molar-refractivity contribution in [3.8, 4) is 0 Å². The maximum absolute atomic E-state index is 9.83. The molecule has 7 heteroatoms. The summed E-state index contributed by atoms with van der Waals surface area (Å²) in [6, 6.07) is 0. The summed E-state index contributed by atoms with van der Waals surface area (Å²) in [5, 5.41) is 46.8. The van der Waals surface area contributed by atoms with Crippen molar-refractivity contribution in [3.05, 3.63) is 29.9 Å². The van der Waals surface area contributed by atoms with Gasteiger partial charge in [-0.15, -0.1) is 0 Å². The summed E-state index contributed by atoms with van der Waals surface area (Å²) in [5.74, 6) is 0. The number of aliphatic hydroxyl groups excluding tert-OH is 5. The fraction of sp³-hybridized carbons (Fsp3) is 0.538.